The second-order valence-corrected chi connectivity index (χ2v) is 2.58. The van der Waals surface area contributed by atoms with Crippen LogP contribution in [0.15, 0.2) is 11.8 Å². The monoisotopic (exact) mass is 172 g/mol. The summed E-state index contributed by atoms with van der Waals surface area (Å²) in [7, 11) is 0. The van der Waals surface area contributed by atoms with Crippen molar-refractivity contribution in [2.24, 2.45) is 0 Å². The van der Waals surface area contributed by atoms with Crippen molar-refractivity contribution in [3.8, 4) is 0 Å². The van der Waals surface area contributed by atoms with E-state index in [4.69, 9.17) is 5.11 Å². The number of ether oxygens (including phenoxy) is 1. The van der Waals surface area contributed by atoms with Gasteiger partial charge in [0.15, 0.2) is 0 Å². The van der Waals surface area contributed by atoms with E-state index in [1.807, 2.05) is 19.9 Å². The van der Waals surface area contributed by atoms with Crippen LogP contribution >= 0.6 is 0 Å². The first-order chi connectivity index (χ1) is 5.70. The molecular weight excluding hydrogens is 156 g/mol. The largest absolute Gasteiger partial charge is 0.511 e. The maximum absolute atomic E-state index is 10.2. The van der Waals surface area contributed by atoms with Gasteiger partial charge < -0.3 is 9.84 Å². The average Bonchev–Trinajstić information content (AvgIpc) is 2.00. The lowest BCUT2D eigenvalue weighted by Gasteiger charge is -2.03. The van der Waals surface area contributed by atoms with Crippen LogP contribution in [0.4, 0.5) is 4.79 Å². The first kappa shape index (κ1) is 11.0. The Balaban J connectivity index is 3.93. The summed E-state index contributed by atoms with van der Waals surface area (Å²) in [5, 5.41) is 8.35. The molecule has 3 nitrogen and oxygen atoms in total. The van der Waals surface area contributed by atoms with E-state index in [0.717, 1.165) is 19.3 Å². The number of hydrogen-bond acceptors (Lipinski definition) is 2. The van der Waals surface area contributed by atoms with E-state index in [1.165, 1.54) is 0 Å². The van der Waals surface area contributed by atoms with Crippen molar-refractivity contribution in [1.82, 2.24) is 0 Å². The van der Waals surface area contributed by atoms with E-state index in [0.29, 0.717) is 12.2 Å². The summed E-state index contributed by atoms with van der Waals surface area (Å²) in [4.78, 5) is 10.2. The van der Waals surface area contributed by atoms with Crippen molar-refractivity contribution in [3.05, 3.63) is 11.8 Å². The Morgan fingerprint density at radius 1 is 1.42 bits per heavy atom. The lowest BCUT2D eigenvalue weighted by molar-refractivity contribution is 0.115. The fraction of sp³-hybridized carbons (Fsp3) is 0.667. The van der Waals surface area contributed by atoms with Gasteiger partial charge in [-0.15, -0.1) is 0 Å². The molecule has 0 aromatic heterocycles. The Labute approximate surface area is 73.0 Å². The highest BCUT2D eigenvalue weighted by Gasteiger charge is 2.01. The molecule has 0 rings (SSSR count). The van der Waals surface area contributed by atoms with Gasteiger partial charge in [0, 0.05) is 6.42 Å². The number of carboxylic acid groups (broad SMARTS) is 1. The summed E-state index contributed by atoms with van der Waals surface area (Å²) in [6.45, 7) is 4.03. The van der Waals surface area contributed by atoms with Crippen LogP contribution < -0.4 is 0 Å². The van der Waals surface area contributed by atoms with E-state index in [2.05, 4.69) is 4.74 Å². The number of allylic oxidation sites excluding steroid dienone is 2. The minimum Gasteiger partial charge on any atom is -0.449 e. The van der Waals surface area contributed by atoms with Gasteiger partial charge >= 0.3 is 6.16 Å². The SMILES string of the molecule is CCC/C=C(\CCC)OC(=O)O. The molecular formula is C9H16O3. The van der Waals surface area contributed by atoms with Crippen LogP contribution in [0.25, 0.3) is 0 Å². The topological polar surface area (TPSA) is 46.5 Å². The van der Waals surface area contributed by atoms with Gasteiger partial charge in [0.1, 0.15) is 5.76 Å². The molecule has 0 aromatic rings. The average molecular weight is 172 g/mol. The van der Waals surface area contributed by atoms with Crippen LogP contribution in [0, 0.1) is 0 Å². The normalized spacial score (nSPS) is 11.3. The molecule has 0 atom stereocenters. The van der Waals surface area contributed by atoms with Crippen LogP contribution in [-0.4, -0.2) is 11.3 Å². The Kier molecular flexibility index (Phi) is 6.15. The van der Waals surface area contributed by atoms with E-state index in [9.17, 15) is 4.79 Å². The Morgan fingerprint density at radius 3 is 2.50 bits per heavy atom. The maximum atomic E-state index is 10.2. The van der Waals surface area contributed by atoms with Crippen molar-refractivity contribution in [1.29, 1.82) is 0 Å². The smallest absolute Gasteiger partial charge is 0.449 e. The van der Waals surface area contributed by atoms with Crippen molar-refractivity contribution >= 4 is 6.16 Å². The molecule has 70 valence electrons. The summed E-state index contributed by atoms with van der Waals surface area (Å²) in [6, 6.07) is 0. The Morgan fingerprint density at radius 2 is 2.08 bits per heavy atom. The third kappa shape index (κ3) is 5.77. The lowest BCUT2D eigenvalue weighted by atomic mass is 10.2. The van der Waals surface area contributed by atoms with E-state index in [1.54, 1.807) is 0 Å². The molecule has 1 N–H and O–H groups in total. The van der Waals surface area contributed by atoms with Gasteiger partial charge in [-0.1, -0.05) is 20.3 Å². The standard InChI is InChI=1S/C9H16O3/c1-3-5-7-8(6-4-2)12-9(10)11/h7H,3-6H2,1-2H3,(H,10,11)/b8-7+. The van der Waals surface area contributed by atoms with Gasteiger partial charge in [-0.2, -0.15) is 0 Å². The highest BCUT2D eigenvalue weighted by atomic mass is 16.7. The van der Waals surface area contributed by atoms with Gasteiger partial charge in [-0.3, -0.25) is 0 Å². The number of rotatable bonds is 5. The van der Waals surface area contributed by atoms with Gasteiger partial charge in [0.05, 0.1) is 0 Å². The predicted molar refractivity (Wildman–Crippen MR) is 47.0 cm³/mol. The Hall–Kier alpha value is -0.990. The molecule has 0 saturated heterocycles. The molecule has 0 fully saturated rings. The quantitative estimate of drug-likeness (QED) is 0.511. The predicted octanol–water partition coefficient (Wildman–Crippen LogP) is 3.17. The number of carbonyl (C=O) groups is 1. The molecule has 12 heavy (non-hydrogen) atoms. The molecule has 0 aliphatic heterocycles. The van der Waals surface area contributed by atoms with Crippen LogP contribution in [-0.2, 0) is 4.74 Å². The highest BCUT2D eigenvalue weighted by molar-refractivity contribution is 5.58. The summed E-state index contributed by atoms with van der Waals surface area (Å²) >= 11 is 0. The second-order valence-electron chi connectivity index (χ2n) is 2.58. The van der Waals surface area contributed by atoms with E-state index in [-0.39, 0.29) is 0 Å². The molecule has 0 aliphatic rings. The Bertz CT molecular complexity index is 161. The molecule has 0 bridgehead atoms. The van der Waals surface area contributed by atoms with Crippen LogP contribution in [0.1, 0.15) is 39.5 Å². The first-order valence-electron chi connectivity index (χ1n) is 4.30. The zero-order valence-electron chi connectivity index (χ0n) is 7.67. The molecule has 0 unspecified atom stereocenters. The van der Waals surface area contributed by atoms with E-state index < -0.39 is 6.16 Å². The van der Waals surface area contributed by atoms with Crippen molar-refractivity contribution in [2.45, 2.75) is 39.5 Å². The van der Waals surface area contributed by atoms with Gasteiger partial charge in [0.2, 0.25) is 0 Å². The molecule has 0 radical (unpaired) electrons. The van der Waals surface area contributed by atoms with Crippen molar-refractivity contribution in [3.63, 3.8) is 0 Å². The van der Waals surface area contributed by atoms with Gasteiger partial charge in [0.25, 0.3) is 0 Å². The molecule has 0 amide bonds. The van der Waals surface area contributed by atoms with Crippen LogP contribution in [0.3, 0.4) is 0 Å². The van der Waals surface area contributed by atoms with Crippen molar-refractivity contribution in [2.75, 3.05) is 0 Å². The minimum atomic E-state index is -1.22. The van der Waals surface area contributed by atoms with E-state index >= 15 is 0 Å². The second kappa shape index (κ2) is 6.70. The molecule has 0 heterocycles. The zero-order valence-corrected chi connectivity index (χ0v) is 7.67. The summed E-state index contributed by atoms with van der Waals surface area (Å²) < 4.78 is 4.57. The zero-order chi connectivity index (χ0) is 9.40. The lowest BCUT2D eigenvalue weighted by Crippen LogP contribution is -2.00. The molecule has 3 heteroatoms. The van der Waals surface area contributed by atoms with Crippen LogP contribution in [0.2, 0.25) is 0 Å². The minimum absolute atomic E-state index is 0.576. The number of unbranched alkanes of at least 4 members (excludes halogenated alkanes) is 1. The molecule has 0 aromatic carbocycles. The van der Waals surface area contributed by atoms with Gasteiger partial charge in [-0.25, -0.2) is 4.79 Å². The molecule has 0 saturated carbocycles. The summed E-state index contributed by atoms with van der Waals surface area (Å²) in [5.41, 5.74) is 0. The first-order valence-corrected chi connectivity index (χ1v) is 4.30. The number of hydrogen-bond donors (Lipinski definition) is 1. The molecule has 0 aliphatic carbocycles. The van der Waals surface area contributed by atoms with Crippen LogP contribution in [0.5, 0.6) is 0 Å². The molecule has 0 spiro atoms. The maximum Gasteiger partial charge on any atom is 0.511 e. The third-order valence-corrected chi connectivity index (χ3v) is 1.38. The highest BCUT2D eigenvalue weighted by Crippen LogP contribution is 2.08. The third-order valence-electron chi connectivity index (χ3n) is 1.38. The summed E-state index contributed by atoms with van der Waals surface area (Å²) in [5.74, 6) is 0.576. The van der Waals surface area contributed by atoms with Gasteiger partial charge in [-0.05, 0) is 18.9 Å². The fourth-order valence-electron chi connectivity index (χ4n) is 0.859. The fourth-order valence-corrected chi connectivity index (χ4v) is 0.859. The van der Waals surface area contributed by atoms with Crippen molar-refractivity contribution < 1.29 is 14.6 Å². The summed E-state index contributed by atoms with van der Waals surface area (Å²) in [6.07, 6.45) is 4.12.